The molecule has 1 unspecified atom stereocenters. The van der Waals surface area contributed by atoms with E-state index in [0.717, 1.165) is 0 Å². The predicted molar refractivity (Wildman–Crippen MR) is 67.0 cm³/mol. The van der Waals surface area contributed by atoms with Gasteiger partial charge in [-0.05, 0) is 59.0 Å². The molecule has 5 heteroatoms. The van der Waals surface area contributed by atoms with E-state index in [1.165, 1.54) is 7.11 Å². The summed E-state index contributed by atoms with van der Waals surface area (Å²) < 4.78 is 5.00. The van der Waals surface area contributed by atoms with Crippen molar-refractivity contribution in [3.8, 4) is 5.75 Å². The molecule has 0 amide bonds. The van der Waals surface area contributed by atoms with E-state index in [0.29, 0.717) is 26.7 Å². The van der Waals surface area contributed by atoms with E-state index in [4.69, 9.17) is 0 Å². The summed E-state index contributed by atoms with van der Waals surface area (Å²) in [5.41, 5.74) is 2.41. The van der Waals surface area contributed by atoms with Crippen LogP contribution in [-0.2, 0) is 9.53 Å². The molecule has 1 aromatic rings. The lowest BCUT2D eigenvalue weighted by molar-refractivity contribution is -0.150. The summed E-state index contributed by atoms with van der Waals surface area (Å²) in [5.74, 6) is -0.589. The quantitative estimate of drug-likeness (QED) is 0.823. The Morgan fingerprint density at radius 1 is 1.24 bits per heavy atom. The van der Waals surface area contributed by atoms with E-state index < -0.39 is 12.1 Å². The molecule has 17 heavy (non-hydrogen) atoms. The third kappa shape index (κ3) is 2.30. The summed E-state index contributed by atoms with van der Waals surface area (Å²) in [6, 6.07) is 0. The Balaban J connectivity index is 3.49. The molecule has 0 aliphatic carbocycles. The van der Waals surface area contributed by atoms with Crippen LogP contribution in [0.4, 0.5) is 0 Å². The summed E-state index contributed by atoms with van der Waals surface area (Å²) in [4.78, 5) is 11.4. The number of carbonyl (C=O) groups is 1. The number of ether oxygens (including phenoxy) is 1. The van der Waals surface area contributed by atoms with Gasteiger partial charge in [-0.1, -0.05) is 0 Å². The van der Waals surface area contributed by atoms with Gasteiger partial charge in [0, 0.05) is 0 Å². The SMILES string of the molecule is COC(=O)C(O)c1c(C)c(C)c(O)c(Br)c1C. The monoisotopic (exact) mass is 302 g/mol. The molecule has 1 rings (SSSR count). The van der Waals surface area contributed by atoms with Crippen LogP contribution in [0.5, 0.6) is 5.75 Å². The first-order valence-electron chi connectivity index (χ1n) is 5.06. The number of aliphatic hydroxyl groups excluding tert-OH is 1. The smallest absolute Gasteiger partial charge is 0.339 e. The molecule has 4 nitrogen and oxygen atoms in total. The summed E-state index contributed by atoms with van der Waals surface area (Å²) >= 11 is 3.24. The molecule has 94 valence electrons. The van der Waals surface area contributed by atoms with Crippen LogP contribution in [0, 0.1) is 20.8 Å². The molecule has 0 radical (unpaired) electrons. The Morgan fingerprint density at radius 2 is 1.76 bits per heavy atom. The topological polar surface area (TPSA) is 66.8 Å². The predicted octanol–water partition coefficient (Wildman–Crippen LogP) is 2.29. The van der Waals surface area contributed by atoms with E-state index in [1.807, 2.05) is 0 Å². The van der Waals surface area contributed by atoms with Gasteiger partial charge < -0.3 is 14.9 Å². The number of rotatable bonds is 2. The number of phenolic OH excluding ortho intramolecular Hbond substituents is 1. The molecular weight excluding hydrogens is 288 g/mol. The fraction of sp³-hybridized carbons (Fsp3) is 0.417. The lowest BCUT2D eigenvalue weighted by Gasteiger charge is -2.19. The van der Waals surface area contributed by atoms with Gasteiger partial charge in [0.25, 0.3) is 0 Å². The second-order valence-electron chi connectivity index (χ2n) is 3.88. The van der Waals surface area contributed by atoms with Crippen LogP contribution in [0.15, 0.2) is 4.47 Å². The van der Waals surface area contributed by atoms with Gasteiger partial charge in [-0.2, -0.15) is 0 Å². The van der Waals surface area contributed by atoms with E-state index >= 15 is 0 Å². The number of aliphatic hydroxyl groups is 1. The Bertz CT molecular complexity index is 439. The van der Waals surface area contributed by atoms with Crippen molar-refractivity contribution in [3.05, 3.63) is 26.7 Å². The molecule has 0 saturated carbocycles. The van der Waals surface area contributed by atoms with Crippen molar-refractivity contribution >= 4 is 21.9 Å². The van der Waals surface area contributed by atoms with Crippen molar-refractivity contribution in [2.45, 2.75) is 26.9 Å². The lowest BCUT2D eigenvalue weighted by Crippen LogP contribution is -2.16. The second-order valence-corrected chi connectivity index (χ2v) is 4.67. The zero-order chi connectivity index (χ0) is 13.3. The molecule has 0 fully saturated rings. The van der Waals surface area contributed by atoms with E-state index in [9.17, 15) is 15.0 Å². The Hall–Kier alpha value is -1.07. The third-order valence-corrected chi connectivity index (χ3v) is 3.93. The fourth-order valence-electron chi connectivity index (χ4n) is 1.76. The molecule has 0 saturated heterocycles. The molecule has 2 N–H and O–H groups in total. The largest absolute Gasteiger partial charge is 0.506 e. The average Bonchev–Trinajstić information content (AvgIpc) is 2.32. The zero-order valence-electron chi connectivity index (χ0n) is 10.2. The first-order valence-corrected chi connectivity index (χ1v) is 5.86. The lowest BCUT2D eigenvalue weighted by atomic mass is 9.93. The van der Waals surface area contributed by atoms with Gasteiger partial charge >= 0.3 is 5.97 Å². The maximum atomic E-state index is 11.4. The fourth-order valence-corrected chi connectivity index (χ4v) is 2.27. The van der Waals surface area contributed by atoms with Crippen LogP contribution in [0.1, 0.15) is 28.4 Å². The highest BCUT2D eigenvalue weighted by Crippen LogP contribution is 2.38. The van der Waals surface area contributed by atoms with Crippen molar-refractivity contribution in [3.63, 3.8) is 0 Å². The van der Waals surface area contributed by atoms with Gasteiger partial charge in [-0.25, -0.2) is 4.79 Å². The zero-order valence-corrected chi connectivity index (χ0v) is 11.8. The van der Waals surface area contributed by atoms with Crippen LogP contribution in [0.25, 0.3) is 0 Å². The summed E-state index contributed by atoms with van der Waals surface area (Å²) in [6.45, 7) is 5.19. The number of hydrogen-bond acceptors (Lipinski definition) is 4. The highest BCUT2D eigenvalue weighted by atomic mass is 79.9. The summed E-state index contributed by atoms with van der Waals surface area (Å²) in [5, 5.41) is 19.7. The van der Waals surface area contributed by atoms with Crippen molar-refractivity contribution in [1.29, 1.82) is 0 Å². The number of aromatic hydroxyl groups is 1. The van der Waals surface area contributed by atoms with Crippen LogP contribution >= 0.6 is 15.9 Å². The number of benzene rings is 1. The van der Waals surface area contributed by atoms with Crippen molar-refractivity contribution in [2.75, 3.05) is 7.11 Å². The Kier molecular flexibility index (Phi) is 4.16. The average molecular weight is 303 g/mol. The first kappa shape index (κ1) is 14.0. The van der Waals surface area contributed by atoms with Gasteiger partial charge in [0.15, 0.2) is 6.10 Å². The second kappa shape index (κ2) is 5.06. The normalized spacial score (nSPS) is 12.4. The first-order chi connectivity index (χ1) is 7.82. The van der Waals surface area contributed by atoms with E-state index in [2.05, 4.69) is 20.7 Å². The standard InChI is InChI=1S/C12H15BrO4/c1-5-6(2)10(14)9(13)7(3)8(5)11(15)12(16)17-4/h11,14-15H,1-4H3. The molecule has 0 spiro atoms. The van der Waals surface area contributed by atoms with Gasteiger partial charge in [0.2, 0.25) is 0 Å². The number of methoxy groups -OCH3 is 1. The van der Waals surface area contributed by atoms with Crippen LogP contribution < -0.4 is 0 Å². The van der Waals surface area contributed by atoms with Crippen molar-refractivity contribution in [2.24, 2.45) is 0 Å². The van der Waals surface area contributed by atoms with Crippen molar-refractivity contribution < 1.29 is 19.7 Å². The summed E-state index contributed by atoms with van der Waals surface area (Å²) in [7, 11) is 1.22. The molecule has 0 heterocycles. The van der Waals surface area contributed by atoms with E-state index in [-0.39, 0.29) is 5.75 Å². The molecule has 0 aromatic heterocycles. The molecule has 1 atom stereocenters. The number of halogens is 1. The minimum Gasteiger partial charge on any atom is -0.506 e. The molecule has 1 aromatic carbocycles. The van der Waals surface area contributed by atoms with Crippen LogP contribution in [0.3, 0.4) is 0 Å². The Labute approximate surface area is 108 Å². The van der Waals surface area contributed by atoms with Crippen molar-refractivity contribution in [1.82, 2.24) is 0 Å². The summed E-state index contributed by atoms with van der Waals surface area (Å²) in [6.07, 6.45) is -1.34. The highest BCUT2D eigenvalue weighted by molar-refractivity contribution is 9.10. The minimum atomic E-state index is -1.34. The maximum absolute atomic E-state index is 11.4. The highest BCUT2D eigenvalue weighted by Gasteiger charge is 2.25. The van der Waals surface area contributed by atoms with Crippen LogP contribution in [-0.4, -0.2) is 23.3 Å². The molecule has 0 bridgehead atoms. The number of carbonyl (C=O) groups excluding carboxylic acids is 1. The maximum Gasteiger partial charge on any atom is 0.339 e. The van der Waals surface area contributed by atoms with Gasteiger partial charge in [-0.15, -0.1) is 0 Å². The van der Waals surface area contributed by atoms with E-state index in [1.54, 1.807) is 20.8 Å². The van der Waals surface area contributed by atoms with Crippen LogP contribution in [0.2, 0.25) is 0 Å². The van der Waals surface area contributed by atoms with Gasteiger partial charge in [0.05, 0.1) is 11.6 Å². The van der Waals surface area contributed by atoms with Gasteiger partial charge in [-0.3, -0.25) is 0 Å². The molecule has 0 aliphatic heterocycles. The number of phenols is 1. The minimum absolute atomic E-state index is 0.126. The number of esters is 1. The molecular formula is C12H15BrO4. The number of hydrogen-bond donors (Lipinski definition) is 2. The third-order valence-electron chi connectivity index (χ3n) is 2.96. The molecule has 0 aliphatic rings. The Morgan fingerprint density at radius 3 is 2.24 bits per heavy atom. The van der Waals surface area contributed by atoms with Gasteiger partial charge in [0.1, 0.15) is 5.75 Å².